The highest BCUT2D eigenvalue weighted by Gasteiger charge is 2.20. The van der Waals surface area contributed by atoms with Crippen LogP contribution in [0.4, 0.5) is 16.6 Å². The number of nitrogen functional groups attached to an aromatic ring is 1. The Morgan fingerprint density at radius 2 is 1.66 bits per heavy atom. The number of H-pyrrole nitrogens is 1. The molecule has 3 aromatic heterocycles. The molecule has 0 aliphatic rings. The van der Waals surface area contributed by atoms with Crippen LogP contribution in [0, 0.1) is 0 Å². The van der Waals surface area contributed by atoms with Crippen molar-refractivity contribution in [1.82, 2.24) is 30.3 Å². The smallest absolute Gasteiger partial charge is 0.272 e. The van der Waals surface area contributed by atoms with Gasteiger partial charge < -0.3 is 29.8 Å². The monoisotopic (exact) mass is 534 g/mol. The van der Waals surface area contributed by atoms with E-state index in [1.807, 2.05) is 24.3 Å². The lowest BCUT2D eigenvalue weighted by Gasteiger charge is -2.14. The van der Waals surface area contributed by atoms with Crippen molar-refractivity contribution >= 4 is 28.0 Å². The first kappa shape index (κ1) is 25.0. The Morgan fingerprint density at radius 3 is 2.29 bits per heavy atom. The van der Waals surface area contributed by atoms with Gasteiger partial charge in [-0.2, -0.15) is 10.1 Å². The van der Waals surface area contributed by atoms with E-state index in [2.05, 4.69) is 49.5 Å². The van der Waals surface area contributed by atoms with Crippen molar-refractivity contribution in [1.29, 1.82) is 0 Å². The third-order valence-electron chi connectivity index (χ3n) is 5.62. The summed E-state index contributed by atoms with van der Waals surface area (Å²) in [6.45, 7) is 4.11. The molecule has 2 aromatic carbocycles. The first-order chi connectivity index (χ1) is 18.4. The molecule has 3 heterocycles. The number of methoxy groups -OCH3 is 3. The van der Waals surface area contributed by atoms with Gasteiger partial charge in [-0.3, -0.25) is 5.10 Å². The van der Waals surface area contributed by atoms with Crippen LogP contribution in [0.1, 0.15) is 25.6 Å². The maximum absolute atomic E-state index is 6.20. The molecule has 196 valence electrons. The van der Waals surface area contributed by atoms with Crippen molar-refractivity contribution in [2.24, 2.45) is 0 Å². The number of rotatable bonds is 9. The van der Waals surface area contributed by atoms with E-state index in [9.17, 15) is 0 Å². The summed E-state index contributed by atoms with van der Waals surface area (Å²) in [7, 11) is 4.65. The Morgan fingerprint density at radius 1 is 0.947 bits per heavy atom. The molecular formula is C25H26N8O4S. The van der Waals surface area contributed by atoms with Gasteiger partial charge in [0.15, 0.2) is 22.5 Å². The topological polar surface area (TPSA) is 159 Å². The molecule has 38 heavy (non-hydrogen) atoms. The Labute approximate surface area is 222 Å². The molecule has 13 heteroatoms. The maximum Gasteiger partial charge on any atom is 0.272 e. The highest BCUT2D eigenvalue weighted by molar-refractivity contribution is 7.19. The van der Waals surface area contributed by atoms with E-state index in [-0.39, 0.29) is 17.6 Å². The van der Waals surface area contributed by atoms with Crippen molar-refractivity contribution in [3.8, 4) is 50.8 Å². The van der Waals surface area contributed by atoms with Crippen molar-refractivity contribution in [2.75, 3.05) is 32.4 Å². The van der Waals surface area contributed by atoms with E-state index in [1.165, 1.54) is 11.3 Å². The number of thiazole rings is 1. The molecule has 0 bridgehead atoms. The third kappa shape index (κ3) is 4.83. The molecule has 0 amide bonds. The number of ether oxygens (including phenoxy) is 3. The molecule has 0 unspecified atom stereocenters. The van der Waals surface area contributed by atoms with Crippen LogP contribution in [0.2, 0.25) is 0 Å². The number of aromatic amines is 1. The highest BCUT2D eigenvalue weighted by atomic mass is 32.1. The van der Waals surface area contributed by atoms with E-state index in [1.54, 1.807) is 33.5 Å². The van der Waals surface area contributed by atoms with Gasteiger partial charge in [-0.05, 0) is 6.07 Å². The molecule has 0 aliphatic heterocycles. The van der Waals surface area contributed by atoms with Crippen LogP contribution >= 0.6 is 11.3 Å². The molecule has 0 atom stereocenters. The summed E-state index contributed by atoms with van der Waals surface area (Å²) in [5.74, 6) is 4.12. The van der Waals surface area contributed by atoms with Crippen molar-refractivity contribution in [3.63, 3.8) is 0 Å². The number of nitrogens with two attached hydrogens (primary N) is 1. The van der Waals surface area contributed by atoms with Crippen molar-refractivity contribution in [3.05, 3.63) is 42.2 Å². The van der Waals surface area contributed by atoms with Gasteiger partial charge in [-0.15, -0.1) is 0 Å². The maximum atomic E-state index is 6.20. The van der Waals surface area contributed by atoms with Crippen LogP contribution < -0.4 is 25.3 Å². The first-order valence-corrected chi connectivity index (χ1v) is 12.4. The lowest BCUT2D eigenvalue weighted by atomic mass is 10.1. The fourth-order valence-corrected chi connectivity index (χ4v) is 4.53. The van der Waals surface area contributed by atoms with E-state index in [0.717, 1.165) is 17.0 Å². The van der Waals surface area contributed by atoms with Crippen molar-refractivity contribution in [2.45, 2.75) is 19.8 Å². The summed E-state index contributed by atoms with van der Waals surface area (Å²) in [6, 6.07) is 11.2. The molecule has 0 aliphatic carbocycles. The van der Waals surface area contributed by atoms with Crippen LogP contribution in [0.15, 0.2) is 40.9 Å². The van der Waals surface area contributed by atoms with Gasteiger partial charge in [0.25, 0.3) is 5.89 Å². The summed E-state index contributed by atoms with van der Waals surface area (Å²) >= 11 is 1.28. The Bertz CT molecular complexity index is 1550. The standard InChI is InChI=1S/C25H26N8O4S/c1-12(2)21-29-22(32-31-21)13-7-6-8-14(9-13)23-30-24(37-33-23)19-20(26)28-25(38-19)27-15-10-16(34-3)18(36-5)17(11-15)35-4/h6-12H,26H2,1-5H3,(H,27,28)(H,29,31,32). The average molecular weight is 535 g/mol. The minimum absolute atomic E-state index is 0.247. The lowest BCUT2D eigenvalue weighted by molar-refractivity contribution is 0.324. The van der Waals surface area contributed by atoms with Gasteiger partial charge in [0, 0.05) is 34.9 Å². The van der Waals surface area contributed by atoms with E-state index in [0.29, 0.717) is 44.6 Å². The molecule has 5 rings (SSSR count). The number of nitrogens with zero attached hydrogens (tertiary/aromatic N) is 5. The van der Waals surface area contributed by atoms with E-state index in [4.69, 9.17) is 24.5 Å². The van der Waals surface area contributed by atoms with Gasteiger partial charge in [0.05, 0.1) is 21.3 Å². The Kier molecular flexibility index (Phi) is 6.83. The second-order valence-corrected chi connectivity index (χ2v) is 9.47. The number of aromatic nitrogens is 6. The summed E-state index contributed by atoms with van der Waals surface area (Å²) in [5.41, 5.74) is 8.47. The first-order valence-electron chi connectivity index (χ1n) is 11.6. The number of hydrogen-bond acceptors (Lipinski definition) is 12. The molecule has 0 saturated heterocycles. The molecular weight excluding hydrogens is 508 g/mol. The molecule has 0 saturated carbocycles. The van der Waals surface area contributed by atoms with Crippen LogP contribution in [0.5, 0.6) is 17.2 Å². The molecule has 0 radical (unpaired) electrons. The van der Waals surface area contributed by atoms with Gasteiger partial charge in [0.1, 0.15) is 16.5 Å². The molecule has 4 N–H and O–H groups in total. The summed E-state index contributed by atoms with van der Waals surface area (Å²) < 4.78 is 21.8. The van der Waals surface area contributed by atoms with Gasteiger partial charge in [0.2, 0.25) is 11.6 Å². The molecule has 0 fully saturated rings. The summed E-state index contributed by atoms with van der Waals surface area (Å²) in [5, 5.41) is 15.2. The number of benzene rings is 2. The van der Waals surface area contributed by atoms with Gasteiger partial charge in [-0.1, -0.05) is 48.5 Å². The zero-order valence-corrected chi connectivity index (χ0v) is 22.2. The normalized spacial score (nSPS) is 11.1. The van der Waals surface area contributed by atoms with Crippen LogP contribution in [-0.2, 0) is 0 Å². The fraction of sp³-hybridized carbons (Fsp3) is 0.240. The quantitative estimate of drug-likeness (QED) is 0.230. The van der Waals surface area contributed by atoms with Crippen LogP contribution in [-0.4, -0.2) is 51.6 Å². The molecule has 5 aromatic rings. The number of anilines is 3. The van der Waals surface area contributed by atoms with Gasteiger partial charge >= 0.3 is 0 Å². The largest absolute Gasteiger partial charge is 0.493 e. The second kappa shape index (κ2) is 10.4. The Hall–Kier alpha value is -4.65. The molecule has 0 spiro atoms. The predicted octanol–water partition coefficient (Wildman–Crippen LogP) is 5.12. The summed E-state index contributed by atoms with van der Waals surface area (Å²) in [4.78, 5) is 14.1. The SMILES string of the molecule is COc1cc(Nc2nc(N)c(-c3nc(-c4cccc(-c5n[nH]c(C(C)C)n5)c4)no3)s2)cc(OC)c1OC. The highest BCUT2D eigenvalue weighted by Crippen LogP contribution is 2.42. The minimum Gasteiger partial charge on any atom is -0.493 e. The third-order valence-corrected chi connectivity index (χ3v) is 6.59. The van der Waals surface area contributed by atoms with Gasteiger partial charge in [-0.25, -0.2) is 9.97 Å². The lowest BCUT2D eigenvalue weighted by Crippen LogP contribution is -1.97. The van der Waals surface area contributed by atoms with Crippen LogP contribution in [0.25, 0.3) is 33.5 Å². The zero-order chi connectivity index (χ0) is 26.8. The second-order valence-electron chi connectivity index (χ2n) is 8.48. The van der Waals surface area contributed by atoms with Crippen molar-refractivity contribution < 1.29 is 18.7 Å². The van der Waals surface area contributed by atoms with E-state index >= 15 is 0 Å². The number of nitrogens with one attached hydrogen (secondary N) is 2. The molecule has 12 nitrogen and oxygen atoms in total. The van der Waals surface area contributed by atoms with Crippen LogP contribution in [0.3, 0.4) is 0 Å². The fourth-order valence-electron chi connectivity index (χ4n) is 3.71. The summed E-state index contributed by atoms with van der Waals surface area (Å²) in [6.07, 6.45) is 0. The predicted molar refractivity (Wildman–Crippen MR) is 144 cm³/mol. The minimum atomic E-state index is 0.247. The Balaban J connectivity index is 1.39. The van der Waals surface area contributed by atoms with E-state index < -0.39 is 0 Å². The average Bonchev–Trinajstić information content (AvgIpc) is 3.68. The number of hydrogen-bond donors (Lipinski definition) is 3. The zero-order valence-electron chi connectivity index (χ0n) is 21.4.